The molecule has 0 saturated heterocycles. The zero-order valence-corrected chi connectivity index (χ0v) is 10.7. The van der Waals surface area contributed by atoms with E-state index in [0.717, 1.165) is 11.0 Å². The maximum Gasteiger partial charge on any atom is 0.331 e. The van der Waals surface area contributed by atoms with Crippen LogP contribution in [0.1, 0.15) is 25.5 Å². The molecule has 1 atom stereocenters. The summed E-state index contributed by atoms with van der Waals surface area (Å²) in [7, 11) is 0. The van der Waals surface area contributed by atoms with E-state index in [1.807, 2.05) is 0 Å². The number of nitrogens with zero attached hydrogens (tertiary/aromatic N) is 1. The highest BCUT2D eigenvalue weighted by atomic mass is 35.5. The number of carbonyl (C=O) groups is 2. The summed E-state index contributed by atoms with van der Waals surface area (Å²) in [4.78, 5) is 23.3. The van der Waals surface area contributed by atoms with E-state index in [1.165, 1.54) is 12.1 Å². The van der Waals surface area contributed by atoms with Gasteiger partial charge in [-0.05, 0) is 26.0 Å². The van der Waals surface area contributed by atoms with Crippen molar-refractivity contribution in [1.29, 1.82) is 0 Å². The third-order valence-corrected chi connectivity index (χ3v) is 2.85. The molecule has 0 heterocycles. The van der Waals surface area contributed by atoms with Gasteiger partial charge in [-0.15, -0.1) is 0 Å². The number of hydrogen-bond acceptors (Lipinski definition) is 2. The summed E-state index contributed by atoms with van der Waals surface area (Å²) < 4.78 is 13.7. The second-order valence-electron chi connectivity index (χ2n) is 4.02. The van der Waals surface area contributed by atoms with Crippen molar-refractivity contribution >= 4 is 24.0 Å². The lowest BCUT2D eigenvalue weighted by molar-refractivity contribution is -0.148. The van der Waals surface area contributed by atoms with Gasteiger partial charge in [-0.2, -0.15) is 0 Å². The van der Waals surface area contributed by atoms with Crippen LogP contribution in [-0.4, -0.2) is 28.4 Å². The van der Waals surface area contributed by atoms with Gasteiger partial charge in [-0.3, -0.25) is 4.79 Å². The minimum atomic E-state index is -1.43. The highest BCUT2D eigenvalue weighted by Gasteiger charge is 2.32. The molecule has 1 N–H and O–H groups in total. The molecule has 1 aromatic rings. The van der Waals surface area contributed by atoms with E-state index in [0.29, 0.717) is 6.41 Å². The number of carbonyl (C=O) groups excluding carboxylic acids is 1. The van der Waals surface area contributed by atoms with Gasteiger partial charge < -0.3 is 10.0 Å². The maximum atomic E-state index is 13.7. The summed E-state index contributed by atoms with van der Waals surface area (Å²) in [5, 5.41) is 9.18. The SMILES string of the molecule is CC(C)N(C=O)C(C(=O)O)c1c(F)cccc1Cl. The Bertz CT molecular complexity index is 444. The molecule has 0 saturated carbocycles. The molecule has 4 nitrogen and oxygen atoms in total. The summed E-state index contributed by atoms with van der Waals surface area (Å²) >= 11 is 5.83. The zero-order valence-electron chi connectivity index (χ0n) is 9.93. The molecule has 1 rings (SSSR count). The van der Waals surface area contributed by atoms with Gasteiger partial charge in [-0.25, -0.2) is 9.18 Å². The van der Waals surface area contributed by atoms with Crippen molar-refractivity contribution in [2.75, 3.05) is 0 Å². The van der Waals surface area contributed by atoms with Crippen molar-refractivity contribution in [3.8, 4) is 0 Å². The van der Waals surface area contributed by atoms with Crippen LogP contribution in [-0.2, 0) is 9.59 Å². The van der Waals surface area contributed by atoms with Crippen LogP contribution in [0.4, 0.5) is 4.39 Å². The quantitative estimate of drug-likeness (QED) is 0.839. The van der Waals surface area contributed by atoms with E-state index in [-0.39, 0.29) is 16.6 Å². The molecule has 1 unspecified atom stereocenters. The number of carboxylic acids is 1. The lowest BCUT2D eigenvalue weighted by atomic mass is 10.0. The number of amides is 1. The van der Waals surface area contributed by atoms with Gasteiger partial charge >= 0.3 is 5.97 Å². The van der Waals surface area contributed by atoms with Crippen LogP contribution in [0.15, 0.2) is 18.2 Å². The predicted molar refractivity (Wildman–Crippen MR) is 64.8 cm³/mol. The normalized spacial score (nSPS) is 12.3. The first-order valence-electron chi connectivity index (χ1n) is 5.29. The average Bonchev–Trinajstić information content (AvgIpc) is 2.26. The Hall–Kier alpha value is -1.62. The zero-order chi connectivity index (χ0) is 13.9. The minimum absolute atomic E-state index is 0.0186. The molecule has 0 fully saturated rings. The lowest BCUT2D eigenvalue weighted by Gasteiger charge is -2.29. The topological polar surface area (TPSA) is 57.6 Å². The standard InChI is InChI=1S/C12H13ClFNO3/c1-7(2)15(6-16)11(12(17)18)10-8(13)4-3-5-9(10)14/h3-7,11H,1-2H3,(H,17,18). The molecule has 18 heavy (non-hydrogen) atoms. The highest BCUT2D eigenvalue weighted by molar-refractivity contribution is 6.31. The first-order valence-corrected chi connectivity index (χ1v) is 5.67. The summed E-state index contributed by atoms with van der Waals surface area (Å²) in [5.74, 6) is -2.08. The summed E-state index contributed by atoms with van der Waals surface area (Å²) in [6, 6.07) is 2.05. The number of halogens is 2. The number of carboxylic acid groups (broad SMARTS) is 1. The maximum absolute atomic E-state index is 13.7. The largest absolute Gasteiger partial charge is 0.479 e. The fraction of sp³-hybridized carbons (Fsp3) is 0.333. The van der Waals surface area contributed by atoms with Crippen LogP contribution in [0.3, 0.4) is 0 Å². The van der Waals surface area contributed by atoms with Crippen molar-refractivity contribution in [3.63, 3.8) is 0 Å². The van der Waals surface area contributed by atoms with Gasteiger partial charge in [-0.1, -0.05) is 17.7 Å². The molecular weight excluding hydrogens is 261 g/mol. The van der Waals surface area contributed by atoms with Crippen molar-refractivity contribution in [1.82, 2.24) is 4.90 Å². The Labute approximate surface area is 109 Å². The summed E-state index contributed by atoms with van der Waals surface area (Å²) in [6.45, 7) is 3.28. The number of hydrogen-bond donors (Lipinski definition) is 1. The summed E-state index contributed by atoms with van der Waals surface area (Å²) in [5.41, 5.74) is -0.201. The Morgan fingerprint density at radius 1 is 1.50 bits per heavy atom. The fourth-order valence-electron chi connectivity index (χ4n) is 1.65. The fourth-order valence-corrected chi connectivity index (χ4v) is 1.92. The molecule has 0 radical (unpaired) electrons. The van der Waals surface area contributed by atoms with Gasteiger partial charge in [0.05, 0.1) is 0 Å². The smallest absolute Gasteiger partial charge is 0.331 e. The average molecular weight is 274 g/mol. The van der Waals surface area contributed by atoms with Crippen LogP contribution >= 0.6 is 11.6 Å². The van der Waals surface area contributed by atoms with E-state index < -0.39 is 17.8 Å². The number of rotatable bonds is 5. The highest BCUT2D eigenvalue weighted by Crippen LogP contribution is 2.30. The molecule has 0 aliphatic rings. The molecule has 0 aliphatic heterocycles. The first-order chi connectivity index (χ1) is 8.40. The van der Waals surface area contributed by atoms with Crippen LogP contribution in [0, 0.1) is 5.82 Å². The van der Waals surface area contributed by atoms with Crippen molar-refractivity contribution in [2.45, 2.75) is 25.9 Å². The van der Waals surface area contributed by atoms with Gasteiger partial charge in [0.15, 0.2) is 6.04 Å². The molecular formula is C12H13ClFNO3. The number of aliphatic carboxylic acids is 1. The Kier molecular flexibility index (Phi) is 4.67. The van der Waals surface area contributed by atoms with E-state index in [2.05, 4.69) is 0 Å². The monoisotopic (exact) mass is 273 g/mol. The molecule has 0 aromatic heterocycles. The Morgan fingerprint density at radius 2 is 2.11 bits per heavy atom. The molecule has 0 spiro atoms. The van der Waals surface area contributed by atoms with Crippen LogP contribution in [0.5, 0.6) is 0 Å². The second kappa shape index (κ2) is 5.82. The van der Waals surface area contributed by atoms with Crippen molar-refractivity contribution < 1.29 is 19.1 Å². The molecule has 1 aromatic carbocycles. The van der Waals surface area contributed by atoms with Crippen molar-refractivity contribution in [2.24, 2.45) is 0 Å². The van der Waals surface area contributed by atoms with Gasteiger partial charge in [0.25, 0.3) is 0 Å². The van der Waals surface area contributed by atoms with E-state index in [1.54, 1.807) is 13.8 Å². The molecule has 1 amide bonds. The lowest BCUT2D eigenvalue weighted by Crippen LogP contribution is -2.38. The Morgan fingerprint density at radius 3 is 2.50 bits per heavy atom. The van der Waals surface area contributed by atoms with Crippen molar-refractivity contribution in [3.05, 3.63) is 34.6 Å². The van der Waals surface area contributed by atoms with E-state index in [9.17, 15) is 19.1 Å². The molecule has 98 valence electrons. The first kappa shape index (κ1) is 14.4. The van der Waals surface area contributed by atoms with Gasteiger partial charge in [0, 0.05) is 16.6 Å². The third-order valence-electron chi connectivity index (χ3n) is 2.52. The molecule has 6 heteroatoms. The minimum Gasteiger partial charge on any atom is -0.479 e. The third kappa shape index (κ3) is 2.79. The summed E-state index contributed by atoms with van der Waals surface area (Å²) in [6.07, 6.45) is 0.381. The second-order valence-corrected chi connectivity index (χ2v) is 4.43. The van der Waals surface area contributed by atoms with Crippen LogP contribution in [0.2, 0.25) is 5.02 Å². The van der Waals surface area contributed by atoms with E-state index in [4.69, 9.17) is 11.6 Å². The van der Waals surface area contributed by atoms with E-state index >= 15 is 0 Å². The van der Waals surface area contributed by atoms with Gasteiger partial charge in [0.1, 0.15) is 5.82 Å². The van der Waals surface area contributed by atoms with Crippen LogP contribution in [0.25, 0.3) is 0 Å². The predicted octanol–water partition coefficient (Wildman–Crippen LogP) is 2.47. The molecule has 0 bridgehead atoms. The number of benzene rings is 1. The molecule has 0 aliphatic carbocycles. The van der Waals surface area contributed by atoms with Crippen LogP contribution < -0.4 is 0 Å². The Balaban J connectivity index is 3.37. The van der Waals surface area contributed by atoms with Gasteiger partial charge in [0.2, 0.25) is 6.41 Å².